The third kappa shape index (κ3) is 5.58. The molecular formula is C18H23NO8. The molecule has 2 rings (SSSR count). The third-order valence-corrected chi connectivity index (χ3v) is 3.85. The number of benzene rings is 1. The first kappa shape index (κ1) is 20.5. The number of methoxy groups -OCH3 is 1. The van der Waals surface area contributed by atoms with Gasteiger partial charge in [-0.2, -0.15) is 0 Å². The maximum absolute atomic E-state index is 11.8. The van der Waals surface area contributed by atoms with Crippen LogP contribution in [0.1, 0.15) is 20.8 Å². The Hall–Kier alpha value is -2.81. The number of hydrogen-bond acceptors (Lipinski definition) is 8. The number of para-hydroxylation sites is 1. The van der Waals surface area contributed by atoms with Gasteiger partial charge in [0.15, 0.2) is 12.2 Å². The highest BCUT2D eigenvalue weighted by Crippen LogP contribution is 2.28. The van der Waals surface area contributed by atoms with E-state index in [1.54, 1.807) is 31.2 Å². The predicted molar refractivity (Wildman–Crippen MR) is 91.8 cm³/mol. The van der Waals surface area contributed by atoms with Crippen LogP contribution in [-0.4, -0.2) is 55.8 Å². The maximum Gasteiger partial charge on any atom is 0.407 e. The molecule has 0 aliphatic carbocycles. The number of alkyl carbamates (subject to hydrolysis) is 1. The lowest BCUT2D eigenvalue weighted by molar-refractivity contribution is -0.245. The molecule has 1 saturated heterocycles. The molecule has 0 spiro atoms. The molecule has 0 bridgehead atoms. The molecule has 1 aliphatic heterocycles. The second-order valence-electron chi connectivity index (χ2n) is 5.95. The monoisotopic (exact) mass is 381 g/mol. The van der Waals surface area contributed by atoms with Crippen molar-refractivity contribution in [2.45, 2.75) is 51.4 Å². The molecule has 9 nitrogen and oxygen atoms in total. The Morgan fingerprint density at radius 2 is 1.59 bits per heavy atom. The molecule has 0 radical (unpaired) electrons. The van der Waals surface area contributed by atoms with Crippen LogP contribution in [0, 0.1) is 0 Å². The van der Waals surface area contributed by atoms with Crippen molar-refractivity contribution in [1.82, 2.24) is 5.32 Å². The van der Waals surface area contributed by atoms with E-state index in [0.29, 0.717) is 5.75 Å². The van der Waals surface area contributed by atoms with Crippen molar-refractivity contribution in [2.75, 3.05) is 7.11 Å². The van der Waals surface area contributed by atoms with Gasteiger partial charge in [-0.25, -0.2) is 4.79 Å². The zero-order valence-electron chi connectivity index (χ0n) is 15.5. The first-order valence-electron chi connectivity index (χ1n) is 8.38. The van der Waals surface area contributed by atoms with Gasteiger partial charge in [0.1, 0.15) is 11.8 Å². The van der Waals surface area contributed by atoms with Crippen molar-refractivity contribution in [3.8, 4) is 5.75 Å². The van der Waals surface area contributed by atoms with Crippen molar-refractivity contribution in [1.29, 1.82) is 0 Å². The summed E-state index contributed by atoms with van der Waals surface area (Å²) < 4.78 is 26.9. The summed E-state index contributed by atoms with van der Waals surface area (Å²) in [6, 6.07) is 7.80. The van der Waals surface area contributed by atoms with E-state index in [9.17, 15) is 14.4 Å². The first-order valence-corrected chi connectivity index (χ1v) is 8.38. The smallest absolute Gasteiger partial charge is 0.407 e. The zero-order chi connectivity index (χ0) is 20.0. The largest absolute Gasteiger partial charge is 0.463 e. The first-order chi connectivity index (χ1) is 12.8. The second kappa shape index (κ2) is 9.22. The predicted octanol–water partition coefficient (Wildman–Crippen LogP) is 1.40. The summed E-state index contributed by atoms with van der Waals surface area (Å²) in [5.74, 6) is -0.702. The molecule has 148 valence electrons. The van der Waals surface area contributed by atoms with E-state index >= 15 is 0 Å². The summed E-state index contributed by atoms with van der Waals surface area (Å²) >= 11 is 0. The lowest BCUT2D eigenvalue weighted by atomic mass is 9.97. The molecule has 1 aromatic carbocycles. The van der Waals surface area contributed by atoms with E-state index in [4.69, 9.17) is 18.9 Å². The van der Waals surface area contributed by atoms with Gasteiger partial charge >= 0.3 is 18.0 Å². The number of carbonyl (C=O) groups excluding carboxylic acids is 3. The molecule has 0 saturated carbocycles. The number of carbonyl (C=O) groups is 3. The molecule has 0 aromatic heterocycles. The Balaban J connectivity index is 2.34. The van der Waals surface area contributed by atoms with Gasteiger partial charge in [0.05, 0.1) is 13.2 Å². The van der Waals surface area contributed by atoms with Gasteiger partial charge in [0, 0.05) is 13.8 Å². The Kier molecular flexibility index (Phi) is 7.00. The van der Waals surface area contributed by atoms with E-state index in [0.717, 1.165) is 0 Å². The van der Waals surface area contributed by atoms with Gasteiger partial charge in [-0.1, -0.05) is 18.2 Å². The van der Waals surface area contributed by atoms with Gasteiger partial charge in [-0.3, -0.25) is 9.59 Å². The Bertz CT molecular complexity index is 665. The molecule has 1 N–H and O–H groups in total. The lowest BCUT2D eigenvalue weighted by Gasteiger charge is -2.44. The number of nitrogens with one attached hydrogen (secondary N) is 1. The summed E-state index contributed by atoms with van der Waals surface area (Å²) in [6.45, 7) is 4.10. The van der Waals surface area contributed by atoms with Crippen LogP contribution in [-0.2, 0) is 28.5 Å². The number of esters is 2. The van der Waals surface area contributed by atoms with E-state index < -0.39 is 48.7 Å². The lowest BCUT2D eigenvalue weighted by Crippen LogP contribution is -2.66. The fourth-order valence-electron chi connectivity index (χ4n) is 2.77. The third-order valence-electron chi connectivity index (χ3n) is 3.85. The molecule has 1 amide bonds. The van der Waals surface area contributed by atoms with Crippen molar-refractivity contribution >= 4 is 18.0 Å². The zero-order valence-corrected chi connectivity index (χ0v) is 15.5. The number of rotatable bonds is 5. The van der Waals surface area contributed by atoms with Crippen LogP contribution in [0.4, 0.5) is 4.79 Å². The molecule has 5 atom stereocenters. The van der Waals surface area contributed by atoms with Crippen LogP contribution >= 0.6 is 0 Å². The van der Waals surface area contributed by atoms with Crippen molar-refractivity contribution in [2.24, 2.45) is 0 Å². The Morgan fingerprint density at radius 1 is 1.00 bits per heavy atom. The number of ether oxygens (including phenoxy) is 5. The molecule has 27 heavy (non-hydrogen) atoms. The van der Waals surface area contributed by atoms with Crippen molar-refractivity contribution < 1.29 is 38.1 Å². The average molecular weight is 381 g/mol. The second-order valence-corrected chi connectivity index (χ2v) is 5.95. The van der Waals surface area contributed by atoms with E-state index in [-0.39, 0.29) is 0 Å². The Labute approximate surface area is 156 Å². The highest BCUT2D eigenvalue weighted by Gasteiger charge is 2.50. The topological polar surface area (TPSA) is 109 Å². The molecule has 1 aromatic rings. The molecule has 0 unspecified atom stereocenters. The van der Waals surface area contributed by atoms with Gasteiger partial charge in [0.25, 0.3) is 0 Å². The summed E-state index contributed by atoms with van der Waals surface area (Å²) in [4.78, 5) is 34.9. The minimum Gasteiger partial charge on any atom is -0.463 e. The minimum atomic E-state index is -1.04. The van der Waals surface area contributed by atoms with Crippen LogP contribution in [0.5, 0.6) is 5.75 Å². The average Bonchev–Trinajstić information content (AvgIpc) is 2.61. The molecule has 1 fully saturated rings. The van der Waals surface area contributed by atoms with Gasteiger partial charge in [-0.05, 0) is 19.1 Å². The normalized spacial score (nSPS) is 27.2. The van der Waals surface area contributed by atoms with Crippen molar-refractivity contribution in [3.05, 3.63) is 30.3 Å². The molecule has 1 heterocycles. The minimum absolute atomic E-state index is 0.485. The fraction of sp³-hybridized carbons (Fsp3) is 0.500. The van der Waals surface area contributed by atoms with Crippen LogP contribution in [0.2, 0.25) is 0 Å². The van der Waals surface area contributed by atoms with E-state index in [1.807, 2.05) is 6.07 Å². The quantitative estimate of drug-likeness (QED) is 0.602. The molecule has 9 heteroatoms. The number of hydrogen-bond donors (Lipinski definition) is 1. The molecule has 1 aliphatic rings. The summed E-state index contributed by atoms with van der Waals surface area (Å²) in [5, 5.41) is 2.54. The maximum atomic E-state index is 11.8. The fourth-order valence-corrected chi connectivity index (χ4v) is 2.77. The SMILES string of the molecule is COC(=O)N[C@H]1[C@@H](Oc2ccccc2)O[C@H](C)[C@@H](OC(C)=O)[C@@H]1OC(C)=O. The standard InChI is InChI=1S/C18H23NO8/c1-10-15(25-11(2)20)16(26-12(3)21)14(19-18(22)23-4)17(24-10)27-13-8-6-5-7-9-13/h5-10,14-17H,1-4H3,(H,19,22)/t10-,14-,15-,16-,17-/m1/s1. The van der Waals surface area contributed by atoms with Crippen molar-refractivity contribution in [3.63, 3.8) is 0 Å². The van der Waals surface area contributed by atoms with Crippen LogP contribution < -0.4 is 10.1 Å². The summed E-state index contributed by atoms with van der Waals surface area (Å²) in [5.41, 5.74) is 0. The van der Waals surface area contributed by atoms with Gasteiger partial charge in [0.2, 0.25) is 6.29 Å². The highest BCUT2D eigenvalue weighted by molar-refractivity contribution is 5.69. The van der Waals surface area contributed by atoms with E-state index in [1.165, 1.54) is 21.0 Å². The van der Waals surface area contributed by atoms with Gasteiger partial charge in [-0.15, -0.1) is 0 Å². The summed E-state index contributed by atoms with van der Waals surface area (Å²) in [7, 11) is 1.19. The highest BCUT2D eigenvalue weighted by atomic mass is 16.7. The van der Waals surface area contributed by atoms with Crippen LogP contribution in [0.25, 0.3) is 0 Å². The van der Waals surface area contributed by atoms with E-state index in [2.05, 4.69) is 10.1 Å². The number of amides is 1. The van der Waals surface area contributed by atoms with Gasteiger partial charge < -0.3 is 29.0 Å². The summed E-state index contributed by atoms with van der Waals surface area (Å²) in [6.07, 6.45) is -4.44. The van der Waals surface area contributed by atoms with Crippen LogP contribution in [0.15, 0.2) is 30.3 Å². The Morgan fingerprint density at radius 3 is 2.15 bits per heavy atom. The molecular weight excluding hydrogens is 358 g/mol. The van der Waals surface area contributed by atoms with Crippen LogP contribution in [0.3, 0.4) is 0 Å².